The summed E-state index contributed by atoms with van der Waals surface area (Å²) in [6.07, 6.45) is 2.04. The van der Waals surface area contributed by atoms with Gasteiger partial charge in [0.2, 0.25) is 0 Å². The molecule has 5 nitrogen and oxygen atoms in total. The molecular formula is C20H17N3O2. The fourth-order valence-electron chi connectivity index (χ4n) is 2.86. The second-order valence-electron chi connectivity index (χ2n) is 5.60. The molecule has 0 saturated heterocycles. The fourth-order valence-corrected chi connectivity index (χ4v) is 2.86. The predicted molar refractivity (Wildman–Crippen MR) is 97.0 cm³/mol. The van der Waals surface area contributed by atoms with E-state index in [0.29, 0.717) is 0 Å². The molecule has 0 aliphatic carbocycles. The molecule has 0 fully saturated rings. The van der Waals surface area contributed by atoms with Crippen molar-refractivity contribution in [3.63, 3.8) is 0 Å². The Bertz CT molecular complexity index is 1020. The lowest BCUT2D eigenvalue weighted by molar-refractivity contribution is 0.415. The van der Waals surface area contributed by atoms with Gasteiger partial charge in [-0.05, 0) is 47.5 Å². The zero-order chi connectivity index (χ0) is 17.2. The van der Waals surface area contributed by atoms with Crippen LogP contribution in [0.4, 0.5) is 0 Å². The Hall–Kier alpha value is -3.34. The van der Waals surface area contributed by atoms with Gasteiger partial charge in [0.15, 0.2) is 11.5 Å². The summed E-state index contributed by atoms with van der Waals surface area (Å²) < 4.78 is 12.7. The number of fused-ring (bicyclic) bond motifs is 1. The van der Waals surface area contributed by atoms with Gasteiger partial charge in [0.25, 0.3) is 0 Å². The number of benzene rings is 2. The first-order valence-corrected chi connectivity index (χ1v) is 7.93. The molecule has 0 radical (unpaired) electrons. The van der Waals surface area contributed by atoms with E-state index in [9.17, 15) is 0 Å². The molecule has 2 aromatic carbocycles. The second kappa shape index (κ2) is 6.28. The molecule has 2 aromatic heterocycles. The molecule has 0 spiro atoms. The van der Waals surface area contributed by atoms with E-state index in [1.54, 1.807) is 14.2 Å². The van der Waals surface area contributed by atoms with Crippen LogP contribution in [0.3, 0.4) is 0 Å². The lowest BCUT2D eigenvalue weighted by Crippen LogP contribution is -1.94. The maximum atomic E-state index is 5.46. The summed E-state index contributed by atoms with van der Waals surface area (Å²) in [4.78, 5) is 0. The Morgan fingerprint density at radius 1 is 0.760 bits per heavy atom. The van der Waals surface area contributed by atoms with Crippen molar-refractivity contribution < 1.29 is 9.47 Å². The highest BCUT2D eigenvalue weighted by atomic mass is 16.5. The average Bonchev–Trinajstić information content (AvgIpc) is 3.11. The van der Waals surface area contributed by atoms with Gasteiger partial charge in [0, 0.05) is 6.20 Å². The third-order valence-corrected chi connectivity index (χ3v) is 4.17. The van der Waals surface area contributed by atoms with E-state index < -0.39 is 0 Å². The quantitative estimate of drug-likeness (QED) is 0.565. The Kier molecular flexibility index (Phi) is 3.82. The number of nitrogens with zero attached hydrogens (tertiary/aromatic N) is 3. The summed E-state index contributed by atoms with van der Waals surface area (Å²) in [6, 6.07) is 19.8. The van der Waals surface area contributed by atoms with Crippen LogP contribution in [-0.2, 0) is 0 Å². The van der Waals surface area contributed by atoms with Crippen LogP contribution in [0.2, 0.25) is 0 Å². The van der Waals surface area contributed by atoms with E-state index in [-0.39, 0.29) is 0 Å². The topological polar surface area (TPSA) is 48.7 Å². The van der Waals surface area contributed by atoms with Gasteiger partial charge in [-0.3, -0.25) is 4.40 Å². The maximum Gasteiger partial charge on any atom is 0.172 e. The van der Waals surface area contributed by atoms with Gasteiger partial charge in [-0.2, -0.15) is 0 Å². The van der Waals surface area contributed by atoms with E-state index in [0.717, 1.165) is 39.7 Å². The van der Waals surface area contributed by atoms with Crippen molar-refractivity contribution >= 4 is 5.65 Å². The Morgan fingerprint density at radius 3 is 2.28 bits per heavy atom. The zero-order valence-electron chi connectivity index (χ0n) is 14.0. The van der Waals surface area contributed by atoms with Crippen LogP contribution in [0.25, 0.3) is 28.2 Å². The number of pyridine rings is 1. The van der Waals surface area contributed by atoms with Gasteiger partial charge in [-0.25, -0.2) is 0 Å². The van der Waals surface area contributed by atoms with Gasteiger partial charge in [-0.1, -0.05) is 24.3 Å². The van der Waals surface area contributed by atoms with E-state index in [1.165, 1.54) is 0 Å². The minimum Gasteiger partial charge on any atom is -0.497 e. The van der Waals surface area contributed by atoms with Gasteiger partial charge in [-0.15, -0.1) is 10.2 Å². The standard InChI is InChI=1S/C20H17N3O2/c1-24-16-10-7-14(8-11-16)15-9-12-19-21-22-20(23(19)13-15)17-5-3-4-6-18(17)25-2/h3-13H,1-2H3. The zero-order valence-corrected chi connectivity index (χ0v) is 14.0. The Labute approximate surface area is 145 Å². The lowest BCUT2D eigenvalue weighted by Gasteiger charge is -2.08. The number of hydrogen-bond acceptors (Lipinski definition) is 4. The molecule has 0 N–H and O–H groups in total. The summed E-state index contributed by atoms with van der Waals surface area (Å²) in [5, 5.41) is 8.62. The lowest BCUT2D eigenvalue weighted by atomic mass is 10.1. The summed E-state index contributed by atoms with van der Waals surface area (Å²) >= 11 is 0. The summed E-state index contributed by atoms with van der Waals surface area (Å²) in [6.45, 7) is 0. The predicted octanol–water partition coefficient (Wildman–Crippen LogP) is 4.08. The normalized spacial score (nSPS) is 10.8. The number of aromatic nitrogens is 3. The SMILES string of the molecule is COc1ccc(-c2ccc3nnc(-c4ccccc4OC)n3c2)cc1. The molecule has 0 amide bonds. The number of rotatable bonds is 4. The van der Waals surface area contributed by atoms with E-state index in [4.69, 9.17) is 9.47 Å². The molecular weight excluding hydrogens is 314 g/mol. The smallest absolute Gasteiger partial charge is 0.172 e. The molecule has 124 valence electrons. The maximum absolute atomic E-state index is 5.46. The van der Waals surface area contributed by atoms with Crippen molar-refractivity contribution in [2.75, 3.05) is 14.2 Å². The minimum atomic E-state index is 0.753. The summed E-state index contributed by atoms with van der Waals surface area (Å²) in [7, 11) is 3.32. The van der Waals surface area contributed by atoms with Crippen molar-refractivity contribution in [3.05, 3.63) is 66.9 Å². The highest BCUT2D eigenvalue weighted by molar-refractivity contribution is 5.70. The number of methoxy groups -OCH3 is 2. The number of ether oxygens (including phenoxy) is 2. The highest BCUT2D eigenvalue weighted by Gasteiger charge is 2.13. The first kappa shape index (κ1) is 15.2. The monoisotopic (exact) mass is 331 g/mol. The van der Waals surface area contributed by atoms with Gasteiger partial charge < -0.3 is 9.47 Å². The number of para-hydroxylation sites is 1. The summed E-state index contributed by atoms with van der Waals surface area (Å²) in [5.74, 6) is 2.36. The fraction of sp³-hybridized carbons (Fsp3) is 0.100. The molecule has 0 saturated carbocycles. The third-order valence-electron chi connectivity index (χ3n) is 4.17. The van der Waals surface area contributed by atoms with Crippen molar-refractivity contribution in [2.24, 2.45) is 0 Å². The van der Waals surface area contributed by atoms with Crippen LogP contribution in [0.5, 0.6) is 11.5 Å². The van der Waals surface area contributed by atoms with Crippen LogP contribution >= 0.6 is 0 Å². The van der Waals surface area contributed by atoms with Gasteiger partial charge in [0.05, 0.1) is 19.8 Å². The molecule has 0 atom stereocenters. The molecule has 2 heterocycles. The molecule has 4 rings (SSSR count). The molecule has 4 aromatic rings. The molecule has 0 unspecified atom stereocenters. The van der Waals surface area contributed by atoms with Crippen LogP contribution < -0.4 is 9.47 Å². The molecule has 0 bridgehead atoms. The van der Waals surface area contributed by atoms with Crippen LogP contribution in [0.1, 0.15) is 0 Å². The molecule has 5 heteroatoms. The van der Waals surface area contributed by atoms with E-state index >= 15 is 0 Å². The Morgan fingerprint density at radius 2 is 1.52 bits per heavy atom. The minimum absolute atomic E-state index is 0.753. The van der Waals surface area contributed by atoms with Crippen molar-refractivity contribution in [1.82, 2.24) is 14.6 Å². The highest BCUT2D eigenvalue weighted by Crippen LogP contribution is 2.30. The third kappa shape index (κ3) is 2.70. The van der Waals surface area contributed by atoms with Crippen molar-refractivity contribution in [2.45, 2.75) is 0 Å². The average molecular weight is 331 g/mol. The van der Waals surface area contributed by atoms with E-state index in [1.807, 2.05) is 71.3 Å². The Balaban J connectivity index is 1.85. The van der Waals surface area contributed by atoms with Crippen LogP contribution in [0, 0.1) is 0 Å². The van der Waals surface area contributed by atoms with Crippen molar-refractivity contribution in [1.29, 1.82) is 0 Å². The second-order valence-corrected chi connectivity index (χ2v) is 5.60. The largest absolute Gasteiger partial charge is 0.497 e. The first-order valence-electron chi connectivity index (χ1n) is 7.93. The number of hydrogen-bond donors (Lipinski definition) is 0. The molecule has 25 heavy (non-hydrogen) atoms. The molecule has 0 aliphatic rings. The van der Waals surface area contributed by atoms with Crippen molar-refractivity contribution in [3.8, 4) is 34.0 Å². The molecule has 0 aliphatic heterocycles. The van der Waals surface area contributed by atoms with Gasteiger partial charge >= 0.3 is 0 Å². The summed E-state index contributed by atoms with van der Waals surface area (Å²) in [5.41, 5.74) is 3.87. The first-order chi connectivity index (χ1) is 12.3. The van der Waals surface area contributed by atoms with Crippen LogP contribution in [0.15, 0.2) is 66.9 Å². The van der Waals surface area contributed by atoms with Gasteiger partial charge in [0.1, 0.15) is 11.5 Å². The van der Waals surface area contributed by atoms with E-state index in [2.05, 4.69) is 10.2 Å². The van der Waals surface area contributed by atoms with Crippen LogP contribution in [-0.4, -0.2) is 28.8 Å².